The van der Waals surface area contributed by atoms with Gasteiger partial charge in [0.05, 0.1) is 6.61 Å². The van der Waals surface area contributed by atoms with Crippen molar-refractivity contribution < 1.29 is 14.9 Å². The largest absolute Gasteiger partial charge is 0.343 e. The van der Waals surface area contributed by atoms with Crippen LogP contribution in [-0.4, -0.2) is 22.8 Å². The Labute approximate surface area is 74.4 Å². The zero-order valence-corrected chi connectivity index (χ0v) is 8.05. The highest BCUT2D eigenvalue weighted by atomic mass is 16.8. The average molecular weight is 176 g/mol. The third-order valence-electron chi connectivity index (χ3n) is 1.69. The summed E-state index contributed by atoms with van der Waals surface area (Å²) in [7, 11) is 0. The summed E-state index contributed by atoms with van der Waals surface area (Å²) in [5, 5.41) is 18.4. The molecule has 0 aromatic carbocycles. The van der Waals surface area contributed by atoms with E-state index in [1.54, 1.807) is 0 Å². The number of hydrogen-bond donors (Lipinski definition) is 2. The first kappa shape index (κ1) is 11.9. The maximum Gasteiger partial charge on any atom is 0.277 e. The van der Waals surface area contributed by atoms with Crippen molar-refractivity contribution in [2.24, 2.45) is 0 Å². The average Bonchev–Trinajstić information content (AvgIpc) is 2.01. The Balaban J connectivity index is 3.42. The van der Waals surface area contributed by atoms with E-state index in [-0.39, 0.29) is 0 Å². The summed E-state index contributed by atoms with van der Waals surface area (Å²) in [5.41, 5.74) is 0. The quantitative estimate of drug-likeness (QED) is 0.458. The summed E-state index contributed by atoms with van der Waals surface area (Å²) < 4.78 is 4.88. The third kappa shape index (κ3) is 6.58. The lowest BCUT2D eigenvalue weighted by molar-refractivity contribution is -0.341. The number of ether oxygens (including phenoxy) is 1. The van der Waals surface area contributed by atoms with E-state index < -0.39 is 5.97 Å². The Morgan fingerprint density at radius 1 is 1.08 bits per heavy atom. The number of unbranched alkanes of at least 4 members (excludes halogenated alkanes) is 2. The predicted molar refractivity (Wildman–Crippen MR) is 47.6 cm³/mol. The van der Waals surface area contributed by atoms with Gasteiger partial charge in [-0.2, -0.15) is 0 Å². The van der Waals surface area contributed by atoms with Gasteiger partial charge in [0.1, 0.15) is 0 Å². The van der Waals surface area contributed by atoms with Crippen LogP contribution in [0.25, 0.3) is 0 Å². The fourth-order valence-corrected chi connectivity index (χ4v) is 0.859. The molecule has 2 N–H and O–H groups in total. The van der Waals surface area contributed by atoms with Gasteiger partial charge in [-0.05, 0) is 12.8 Å². The molecule has 0 rings (SSSR count). The van der Waals surface area contributed by atoms with Crippen molar-refractivity contribution in [1.82, 2.24) is 0 Å². The molecule has 0 saturated heterocycles. The van der Waals surface area contributed by atoms with E-state index in [0.29, 0.717) is 13.0 Å². The SMILES string of the molecule is CCCCOC(O)(O)CCCC. The third-order valence-corrected chi connectivity index (χ3v) is 1.69. The van der Waals surface area contributed by atoms with Crippen LogP contribution in [0, 0.1) is 0 Å². The minimum Gasteiger partial charge on any atom is -0.343 e. The van der Waals surface area contributed by atoms with E-state index in [4.69, 9.17) is 4.74 Å². The summed E-state index contributed by atoms with van der Waals surface area (Å²) in [6, 6.07) is 0. The van der Waals surface area contributed by atoms with E-state index in [0.717, 1.165) is 25.7 Å². The minimum absolute atomic E-state index is 0.299. The number of hydrogen-bond acceptors (Lipinski definition) is 3. The van der Waals surface area contributed by atoms with Gasteiger partial charge in [0.15, 0.2) is 0 Å². The molecule has 0 aliphatic carbocycles. The first-order valence-corrected chi connectivity index (χ1v) is 4.71. The Kier molecular flexibility index (Phi) is 6.34. The molecular weight excluding hydrogens is 156 g/mol. The molecule has 0 aromatic heterocycles. The molecular formula is C9H20O3. The van der Waals surface area contributed by atoms with Crippen LogP contribution < -0.4 is 0 Å². The molecule has 0 atom stereocenters. The van der Waals surface area contributed by atoms with Crippen molar-refractivity contribution in [3.8, 4) is 0 Å². The molecule has 3 heteroatoms. The van der Waals surface area contributed by atoms with Crippen molar-refractivity contribution in [2.75, 3.05) is 6.61 Å². The van der Waals surface area contributed by atoms with Crippen molar-refractivity contribution >= 4 is 0 Å². The lowest BCUT2D eigenvalue weighted by Gasteiger charge is -2.21. The standard InChI is InChI=1S/C9H20O3/c1-3-5-7-9(10,11)12-8-6-4-2/h10-11H,3-8H2,1-2H3. The lowest BCUT2D eigenvalue weighted by atomic mass is 10.2. The van der Waals surface area contributed by atoms with Crippen LogP contribution in [-0.2, 0) is 4.74 Å². The van der Waals surface area contributed by atoms with Gasteiger partial charge >= 0.3 is 0 Å². The Hall–Kier alpha value is -0.120. The molecule has 0 aliphatic heterocycles. The Morgan fingerprint density at radius 2 is 1.67 bits per heavy atom. The highest BCUT2D eigenvalue weighted by Crippen LogP contribution is 2.12. The second kappa shape index (κ2) is 6.40. The normalized spacial score (nSPS) is 12.0. The first-order valence-electron chi connectivity index (χ1n) is 4.71. The second-order valence-corrected chi connectivity index (χ2v) is 3.05. The van der Waals surface area contributed by atoms with Crippen LogP contribution in [0.4, 0.5) is 0 Å². The summed E-state index contributed by atoms with van der Waals surface area (Å²) in [5.74, 6) is -1.90. The van der Waals surface area contributed by atoms with Gasteiger partial charge in [-0.1, -0.05) is 26.7 Å². The minimum atomic E-state index is -1.90. The second-order valence-electron chi connectivity index (χ2n) is 3.05. The maximum absolute atomic E-state index is 9.21. The molecule has 3 nitrogen and oxygen atoms in total. The molecule has 0 heterocycles. The molecule has 74 valence electrons. The van der Waals surface area contributed by atoms with Crippen LogP contribution in [0.3, 0.4) is 0 Å². The molecule has 0 amide bonds. The van der Waals surface area contributed by atoms with Crippen molar-refractivity contribution in [1.29, 1.82) is 0 Å². The summed E-state index contributed by atoms with van der Waals surface area (Å²) in [4.78, 5) is 0. The van der Waals surface area contributed by atoms with Gasteiger partial charge in [0.25, 0.3) is 5.97 Å². The van der Waals surface area contributed by atoms with Crippen molar-refractivity contribution in [3.05, 3.63) is 0 Å². The summed E-state index contributed by atoms with van der Waals surface area (Å²) in [6.07, 6.45) is 3.89. The molecule has 0 radical (unpaired) electrons. The van der Waals surface area contributed by atoms with E-state index in [1.807, 2.05) is 13.8 Å². The van der Waals surface area contributed by atoms with Crippen LogP contribution in [0.1, 0.15) is 46.0 Å². The van der Waals surface area contributed by atoms with Gasteiger partial charge < -0.3 is 14.9 Å². The lowest BCUT2D eigenvalue weighted by Crippen LogP contribution is -2.32. The van der Waals surface area contributed by atoms with Crippen molar-refractivity contribution in [3.63, 3.8) is 0 Å². The highest BCUT2D eigenvalue weighted by Gasteiger charge is 2.22. The number of aliphatic hydroxyl groups is 2. The summed E-state index contributed by atoms with van der Waals surface area (Å²) in [6.45, 7) is 4.46. The van der Waals surface area contributed by atoms with E-state index >= 15 is 0 Å². The van der Waals surface area contributed by atoms with Gasteiger partial charge in [0.2, 0.25) is 0 Å². The Morgan fingerprint density at radius 3 is 2.17 bits per heavy atom. The molecule has 0 unspecified atom stereocenters. The fraction of sp³-hybridized carbons (Fsp3) is 1.00. The zero-order chi connectivity index (χ0) is 9.45. The molecule has 0 saturated carbocycles. The predicted octanol–water partition coefficient (Wildman–Crippen LogP) is 1.63. The zero-order valence-electron chi connectivity index (χ0n) is 8.05. The molecule has 0 aromatic rings. The fourth-order valence-electron chi connectivity index (χ4n) is 0.859. The maximum atomic E-state index is 9.21. The van der Waals surface area contributed by atoms with Crippen LogP contribution >= 0.6 is 0 Å². The van der Waals surface area contributed by atoms with E-state index in [9.17, 15) is 10.2 Å². The number of rotatable bonds is 7. The van der Waals surface area contributed by atoms with Gasteiger partial charge in [0, 0.05) is 6.42 Å². The Bertz CT molecular complexity index is 102. The van der Waals surface area contributed by atoms with Crippen molar-refractivity contribution in [2.45, 2.75) is 51.9 Å². The molecule has 0 spiro atoms. The molecule has 12 heavy (non-hydrogen) atoms. The molecule has 0 fully saturated rings. The van der Waals surface area contributed by atoms with Gasteiger partial charge in [-0.15, -0.1) is 0 Å². The topological polar surface area (TPSA) is 49.7 Å². The smallest absolute Gasteiger partial charge is 0.277 e. The molecule has 0 aliphatic rings. The molecule has 0 bridgehead atoms. The van der Waals surface area contributed by atoms with Crippen LogP contribution in [0.2, 0.25) is 0 Å². The van der Waals surface area contributed by atoms with Gasteiger partial charge in [-0.25, -0.2) is 0 Å². The first-order chi connectivity index (χ1) is 5.62. The van der Waals surface area contributed by atoms with E-state index in [1.165, 1.54) is 0 Å². The van der Waals surface area contributed by atoms with E-state index in [2.05, 4.69) is 0 Å². The van der Waals surface area contributed by atoms with Gasteiger partial charge in [-0.3, -0.25) is 0 Å². The highest BCUT2D eigenvalue weighted by molar-refractivity contribution is 4.50. The monoisotopic (exact) mass is 176 g/mol. The van der Waals surface area contributed by atoms with Crippen LogP contribution in [0.5, 0.6) is 0 Å². The summed E-state index contributed by atoms with van der Waals surface area (Å²) >= 11 is 0. The van der Waals surface area contributed by atoms with Crippen LogP contribution in [0.15, 0.2) is 0 Å².